The van der Waals surface area contributed by atoms with E-state index in [4.69, 9.17) is 9.47 Å². The van der Waals surface area contributed by atoms with E-state index < -0.39 is 73.3 Å². The molecule has 80 heavy (non-hydrogen) atoms. The number of carbonyl (C=O) groups excluding carboxylic acids is 3. The zero-order valence-electron chi connectivity index (χ0n) is 53.4. The van der Waals surface area contributed by atoms with Crippen molar-refractivity contribution in [1.82, 2.24) is 0 Å². The number of aliphatic hydroxyl groups is 5. The zero-order valence-corrected chi connectivity index (χ0v) is 53.4. The summed E-state index contributed by atoms with van der Waals surface area (Å²) < 4.78 is 10.9. The van der Waals surface area contributed by atoms with Gasteiger partial charge in [0, 0.05) is 0 Å². The van der Waals surface area contributed by atoms with E-state index in [2.05, 4.69) is 27.7 Å². The van der Waals surface area contributed by atoms with Crippen LogP contribution in [0.5, 0.6) is 0 Å². The average molecular weight is 1140 g/mol. The highest BCUT2D eigenvalue weighted by Crippen LogP contribution is 2.25. The summed E-state index contributed by atoms with van der Waals surface area (Å²) >= 11 is 0. The number of ketones is 1. The van der Waals surface area contributed by atoms with Crippen molar-refractivity contribution in [3.63, 3.8) is 0 Å². The quantitative estimate of drug-likeness (QED) is 0.0292. The van der Waals surface area contributed by atoms with Crippen molar-refractivity contribution in [2.75, 3.05) is 13.2 Å². The second-order valence-electron chi connectivity index (χ2n) is 25.0. The summed E-state index contributed by atoms with van der Waals surface area (Å²) in [6, 6.07) is 0. The first-order valence-electron chi connectivity index (χ1n) is 35.3. The standard InChI is InChI=1S/C70H136O10/c1-5-9-13-17-21-25-29-33-37-41-45-49-53-57-63(71)61(55-51-47-43-39-35-31-27-23-19-15-11-7-3)69(77)79-59-65(73)67(75)68(76)66(74)60-80-70(78)62(56-52-48-44-40-36-32-28-24-20-16-12-8-4)64(72)58-54-50-46-42-38-34-30-26-22-18-14-10-6-2/h61-65,67-68,71-73,75-76H,5-60H2,1-4H3. The Bertz CT molecular complexity index is 1310. The van der Waals surface area contributed by atoms with Crippen molar-refractivity contribution in [3.8, 4) is 0 Å². The molecule has 0 amide bonds. The van der Waals surface area contributed by atoms with E-state index in [0.29, 0.717) is 25.7 Å². The molecule has 0 saturated heterocycles. The molecule has 0 aromatic carbocycles. The van der Waals surface area contributed by atoms with Gasteiger partial charge in [-0.3, -0.25) is 14.4 Å². The van der Waals surface area contributed by atoms with Crippen LogP contribution in [-0.4, -0.2) is 87.0 Å². The summed E-state index contributed by atoms with van der Waals surface area (Å²) in [7, 11) is 0. The molecule has 476 valence electrons. The third kappa shape index (κ3) is 48.7. The van der Waals surface area contributed by atoms with Crippen LogP contribution in [0.3, 0.4) is 0 Å². The third-order valence-corrected chi connectivity index (χ3v) is 17.3. The van der Waals surface area contributed by atoms with E-state index >= 15 is 0 Å². The topological polar surface area (TPSA) is 171 Å². The van der Waals surface area contributed by atoms with E-state index in [-0.39, 0.29) is 0 Å². The van der Waals surface area contributed by atoms with Crippen LogP contribution in [0.2, 0.25) is 0 Å². The van der Waals surface area contributed by atoms with Crippen molar-refractivity contribution >= 4 is 17.7 Å². The number of carbonyl (C=O) groups is 3. The predicted octanol–water partition coefficient (Wildman–Crippen LogP) is 18.8. The van der Waals surface area contributed by atoms with Crippen LogP contribution in [0.4, 0.5) is 0 Å². The van der Waals surface area contributed by atoms with Gasteiger partial charge in [-0.05, 0) is 25.7 Å². The summed E-state index contributed by atoms with van der Waals surface area (Å²) in [5.74, 6) is -3.94. The minimum atomic E-state index is -2.10. The molecule has 0 rings (SSSR count). The molecular weight excluding hydrogens is 1000 g/mol. The lowest BCUT2D eigenvalue weighted by atomic mass is 9.91. The highest BCUT2D eigenvalue weighted by atomic mass is 16.5. The molecule has 0 heterocycles. The molecular formula is C70H136O10. The SMILES string of the molecule is CCCCCCCCCCCCCCCC(O)C(CCCCCCCCCCCCCC)C(=O)OCC(=O)C(O)C(O)C(O)COC(=O)C(CCCCCCCCCCCCCC)C(O)CCCCCCCCCCCCCCC. The van der Waals surface area contributed by atoms with E-state index in [0.717, 1.165) is 89.9 Å². The van der Waals surface area contributed by atoms with Crippen LogP contribution < -0.4 is 0 Å². The molecule has 0 aliphatic heterocycles. The minimum Gasteiger partial charge on any atom is -0.463 e. The molecule has 0 aromatic rings. The summed E-state index contributed by atoms with van der Waals surface area (Å²) in [6.45, 7) is 7.50. The first-order valence-corrected chi connectivity index (χ1v) is 35.3. The van der Waals surface area contributed by atoms with Crippen LogP contribution in [0.15, 0.2) is 0 Å². The number of Topliss-reactive ketones (excluding diaryl/α,β-unsaturated/α-hetero) is 1. The molecule has 0 saturated carbocycles. The van der Waals surface area contributed by atoms with Crippen LogP contribution in [0.25, 0.3) is 0 Å². The van der Waals surface area contributed by atoms with Gasteiger partial charge >= 0.3 is 11.9 Å². The first-order chi connectivity index (χ1) is 39.0. The fourth-order valence-corrected chi connectivity index (χ4v) is 11.6. The van der Waals surface area contributed by atoms with E-state index in [9.17, 15) is 39.9 Å². The largest absolute Gasteiger partial charge is 0.463 e. The highest BCUT2D eigenvalue weighted by Gasteiger charge is 2.35. The second-order valence-corrected chi connectivity index (χ2v) is 25.0. The molecule has 7 atom stereocenters. The lowest BCUT2D eigenvalue weighted by Gasteiger charge is -2.25. The van der Waals surface area contributed by atoms with Crippen molar-refractivity contribution in [3.05, 3.63) is 0 Å². The molecule has 7 unspecified atom stereocenters. The molecule has 5 N–H and O–H groups in total. The van der Waals surface area contributed by atoms with Gasteiger partial charge in [-0.2, -0.15) is 0 Å². The number of aliphatic hydroxyl groups excluding tert-OH is 5. The molecule has 0 aliphatic carbocycles. The van der Waals surface area contributed by atoms with E-state index in [1.165, 1.54) is 231 Å². The Balaban J connectivity index is 5.24. The molecule has 10 heteroatoms. The number of esters is 2. The molecule has 0 spiro atoms. The monoisotopic (exact) mass is 1140 g/mol. The van der Waals surface area contributed by atoms with Gasteiger partial charge < -0.3 is 35.0 Å². The van der Waals surface area contributed by atoms with Crippen LogP contribution in [-0.2, 0) is 23.9 Å². The second kappa shape index (κ2) is 60.5. The minimum absolute atomic E-state index is 0.438. The molecule has 0 fully saturated rings. The van der Waals surface area contributed by atoms with E-state index in [1.54, 1.807) is 0 Å². The van der Waals surface area contributed by atoms with Crippen molar-refractivity contribution in [1.29, 1.82) is 0 Å². The summed E-state index contributed by atoms with van der Waals surface area (Å²) in [5, 5.41) is 55.3. The van der Waals surface area contributed by atoms with Gasteiger partial charge in [0.05, 0.1) is 24.0 Å². The van der Waals surface area contributed by atoms with Gasteiger partial charge in [0.1, 0.15) is 24.9 Å². The van der Waals surface area contributed by atoms with Gasteiger partial charge in [-0.25, -0.2) is 0 Å². The van der Waals surface area contributed by atoms with Gasteiger partial charge in [-0.15, -0.1) is 0 Å². The van der Waals surface area contributed by atoms with Gasteiger partial charge in [0.2, 0.25) is 5.78 Å². The first kappa shape index (κ1) is 78.4. The molecule has 10 nitrogen and oxygen atoms in total. The van der Waals surface area contributed by atoms with Gasteiger partial charge in [0.25, 0.3) is 0 Å². The summed E-state index contributed by atoms with van der Waals surface area (Å²) in [5.41, 5.74) is 0. The predicted molar refractivity (Wildman–Crippen MR) is 336 cm³/mol. The third-order valence-electron chi connectivity index (χ3n) is 17.3. The fourth-order valence-electron chi connectivity index (χ4n) is 11.6. The van der Waals surface area contributed by atoms with Crippen molar-refractivity contribution in [2.45, 2.75) is 405 Å². The maximum atomic E-state index is 13.6. The number of ether oxygens (including phenoxy) is 2. The Labute approximate surface area is 495 Å². The lowest BCUT2D eigenvalue weighted by Crippen LogP contribution is -2.46. The number of hydrogen-bond donors (Lipinski definition) is 5. The van der Waals surface area contributed by atoms with Crippen molar-refractivity contribution in [2.24, 2.45) is 11.8 Å². The molecule has 0 bridgehead atoms. The molecule has 0 aliphatic rings. The van der Waals surface area contributed by atoms with E-state index in [1.807, 2.05) is 0 Å². The maximum absolute atomic E-state index is 13.6. The molecule has 0 aromatic heterocycles. The Kier molecular flexibility index (Phi) is 59.3. The zero-order chi connectivity index (χ0) is 58.8. The average Bonchev–Trinajstić information content (AvgIpc) is 3.46. The fraction of sp³-hybridized carbons (Fsp3) is 0.957. The number of rotatable bonds is 65. The summed E-state index contributed by atoms with van der Waals surface area (Å²) in [4.78, 5) is 40.3. The highest BCUT2D eigenvalue weighted by molar-refractivity contribution is 5.87. The lowest BCUT2D eigenvalue weighted by molar-refractivity contribution is -0.165. The normalized spacial score (nSPS) is 14.4. The Morgan fingerprint density at radius 3 is 0.738 bits per heavy atom. The molecule has 0 radical (unpaired) electrons. The van der Waals surface area contributed by atoms with Crippen LogP contribution in [0.1, 0.15) is 374 Å². The van der Waals surface area contributed by atoms with Crippen LogP contribution in [0, 0.1) is 11.8 Å². The van der Waals surface area contributed by atoms with Crippen LogP contribution >= 0.6 is 0 Å². The Morgan fingerprint density at radius 2 is 0.487 bits per heavy atom. The Morgan fingerprint density at radius 1 is 0.275 bits per heavy atom. The maximum Gasteiger partial charge on any atom is 0.312 e. The smallest absolute Gasteiger partial charge is 0.312 e. The summed E-state index contributed by atoms with van der Waals surface area (Å²) in [6.07, 6.45) is 54.2. The number of hydrogen-bond acceptors (Lipinski definition) is 10. The number of unbranched alkanes of at least 4 members (excludes halogenated alkanes) is 46. The Hall–Kier alpha value is -1.59. The van der Waals surface area contributed by atoms with Gasteiger partial charge in [0.15, 0.2) is 6.61 Å². The van der Waals surface area contributed by atoms with Gasteiger partial charge in [-0.1, -0.05) is 349 Å². The van der Waals surface area contributed by atoms with Crippen molar-refractivity contribution < 1.29 is 49.4 Å².